The van der Waals surface area contributed by atoms with E-state index >= 15 is 0 Å². The molecule has 4 rings (SSSR count). The Balaban J connectivity index is 1.42. The Morgan fingerprint density at radius 1 is 1.44 bits per heavy atom. The van der Waals surface area contributed by atoms with Gasteiger partial charge in [-0.1, -0.05) is 13.8 Å². The van der Waals surface area contributed by atoms with Crippen LogP contribution in [0.3, 0.4) is 0 Å². The Morgan fingerprint density at radius 3 is 2.89 bits per heavy atom. The monoisotopic (exact) mass is 374 g/mol. The van der Waals surface area contributed by atoms with Crippen LogP contribution in [-0.4, -0.2) is 58.0 Å². The van der Waals surface area contributed by atoms with Crippen molar-refractivity contribution in [2.45, 2.75) is 58.2 Å². The van der Waals surface area contributed by atoms with E-state index < -0.39 is 0 Å². The van der Waals surface area contributed by atoms with E-state index in [1.165, 1.54) is 0 Å². The molecule has 3 saturated heterocycles. The molecule has 3 aliphatic heterocycles. The Labute approximate surface area is 160 Å². The largest absolute Gasteiger partial charge is 0.369 e. The predicted molar refractivity (Wildman–Crippen MR) is 100 cm³/mol. The van der Waals surface area contributed by atoms with E-state index in [4.69, 9.17) is 4.74 Å². The number of imidazole rings is 1. The van der Waals surface area contributed by atoms with E-state index in [-0.39, 0.29) is 35.4 Å². The van der Waals surface area contributed by atoms with Crippen molar-refractivity contribution in [2.75, 3.05) is 19.6 Å². The number of aromatic amines is 1. The smallest absolute Gasteiger partial charge is 0.269 e. The molecule has 148 valence electrons. The zero-order valence-corrected chi connectivity index (χ0v) is 16.5. The molecule has 0 aliphatic carbocycles. The highest BCUT2D eigenvalue weighted by Crippen LogP contribution is 2.54. The van der Waals surface area contributed by atoms with Crippen LogP contribution in [0.1, 0.15) is 55.8 Å². The second kappa shape index (κ2) is 6.93. The van der Waals surface area contributed by atoms with Gasteiger partial charge in [-0.2, -0.15) is 0 Å². The van der Waals surface area contributed by atoms with Crippen LogP contribution in [0.5, 0.6) is 0 Å². The minimum absolute atomic E-state index is 0.110. The first-order valence-corrected chi connectivity index (χ1v) is 10.2. The first kappa shape index (κ1) is 18.5. The van der Waals surface area contributed by atoms with Gasteiger partial charge in [0.15, 0.2) is 0 Å². The number of fused-ring (bicyclic) bond motifs is 1. The quantitative estimate of drug-likeness (QED) is 0.796. The van der Waals surface area contributed by atoms with E-state index in [1.54, 1.807) is 6.20 Å². The van der Waals surface area contributed by atoms with Crippen LogP contribution in [0.25, 0.3) is 0 Å². The van der Waals surface area contributed by atoms with E-state index in [0.29, 0.717) is 24.7 Å². The molecule has 1 spiro atoms. The van der Waals surface area contributed by atoms with E-state index in [9.17, 15) is 9.59 Å². The fraction of sp³-hybridized carbons (Fsp3) is 0.750. The molecule has 0 unspecified atom stereocenters. The maximum atomic E-state index is 12.9. The molecule has 4 atom stereocenters. The number of ether oxygens (including phenoxy) is 1. The Morgan fingerprint density at radius 2 is 2.22 bits per heavy atom. The van der Waals surface area contributed by atoms with Gasteiger partial charge in [-0.25, -0.2) is 4.98 Å². The minimum atomic E-state index is -0.188. The van der Waals surface area contributed by atoms with Crippen molar-refractivity contribution < 1.29 is 14.3 Å². The van der Waals surface area contributed by atoms with Crippen molar-refractivity contribution in [2.24, 2.45) is 17.8 Å². The second-order valence-electron chi connectivity index (χ2n) is 8.35. The van der Waals surface area contributed by atoms with Crippen LogP contribution >= 0.6 is 0 Å². The highest BCUT2D eigenvalue weighted by atomic mass is 16.5. The van der Waals surface area contributed by atoms with Crippen LogP contribution in [0.2, 0.25) is 0 Å². The van der Waals surface area contributed by atoms with Gasteiger partial charge >= 0.3 is 0 Å². The minimum Gasteiger partial charge on any atom is -0.369 e. The number of rotatable bonds is 6. The van der Waals surface area contributed by atoms with E-state index in [0.717, 1.165) is 38.1 Å². The number of hydrogen-bond acceptors (Lipinski definition) is 4. The average Bonchev–Trinajstić information content (AvgIpc) is 3.40. The van der Waals surface area contributed by atoms with Gasteiger partial charge in [0.2, 0.25) is 5.91 Å². The molecule has 0 radical (unpaired) electrons. The highest BCUT2D eigenvalue weighted by molar-refractivity contribution is 5.92. The van der Waals surface area contributed by atoms with Gasteiger partial charge in [-0.15, -0.1) is 0 Å². The zero-order chi connectivity index (χ0) is 19.2. The van der Waals surface area contributed by atoms with Crippen molar-refractivity contribution in [3.05, 3.63) is 17.7 Å². The molecule has 1 aromatic rings. The topological polar surface area (TPSA) is 87.3 Å². The lowest BCUT2D eigenvalue weighted by molar-refractivity contribution is -0.136. The van der Waals surface area contributed by atoms with Crippen molar-refractivity contribution in [1.82, 2.24) is 20.2 Å². The van der Waals surface area contributed by atoms with E-state index in [2.05, 4.69) is 29.1 Å². The Bertz CT molecular complexity index is 729. The van der Waals surface area contributed by atoms with Gasteiger partial charge in [-0.3, -0.25) is 9.59 Å². The Hall–Kier alpha value is -1.89. The third kappa shape index (κ3) is 3.06. The maximum absolute atomic E-state index is 12.9. The number of carbonyl (C=O) groups is 2. The molecule has 0 aromatic carbocycles. The number of amides is 2. The maximum Gasteiger partial charge on any atom is 0.269 e. The fourth-order valence-electron chi connectivity index (χ4n) is 5.37. The summed E-state index contributed by atoms with van der Waals surface area (Å²) < 4.78 is 6.40. The molecule has 2 bridgehead atoms. The lowest BCUT2D eigenvalue weighted by Gasteiger charge is -2.29. The third-order valence-electron chi connectivity index (χ3n) is 6.88. The summed E-state index contributed by atoms with van der Waals surface area (Å²) >= 11 is 0. The predicted octanol–water partition coefficient (Wildman–Crippen LogP) is 1.89. The molecule has 7 nitrogen and oxygen atoms in total. The molecule has 3 fully saturated rings. The van der Waals surface area contributed by atoms with Gasteiger partial charge < -0.3 is 19.9 Å². The summed E-state index contributed by atoms with van der Waals surface area (Å²) in [7, 11) is 0. The first-order chi connectivity index (χ1) is 13.0. The number of aryl methyl sites for hydroxylation is 1. The van der Waals surface area contributed by atoms with Gasteiger partial charge in [-0.05, 0) is 32.6 Å². The number of likely N-dealkylation sites (tertiary alicyclic amines) is 1. The zero-order valence-electron chi connectivity index (χ0n) is 16.5. The number of carbonyl (C=O) groups excluding carboxylic acids is 2. The van der Waals surface area contributed by atoms with Gasteiger partial charge in [0.05, 0.1) is 24.4 Å². The van der Waals surface area contributed by atoms with Gasteiger partial charge in [0, 0.05) is 30.8 Å². The summed E-state index contributed by atoms with van der Waals surface area (Å²) in [5.74, 6) is 1.57. The van der Waals surface area contributed by atoms with Crippen LogP contribution in [0.4, 0.5) is 0 Å². The van der Waals surface area contributed by atoms with E-state index in [1.807, 2.05) is 11.8 Å². The summed E-state index contributed by atoms with van der Waals surface area (Å²) in [6, 6.07) is 0. The van der Waals surface area contributed by atoms with Crippen LogP contribution in [0.15, 0.2) is 6.20 Å². The van der Waals surface area contributed by atoms with Crippen molar-refractivity contribution in [1.29, 1.82) is 0 Å². The molecule has 2 N–H and O–H groups in total. The molecule has 3 aliphatic rings. The first-order valence-electron chi connectivity index (χ1n) is 10.2. The number of H-pyrrole nitrogens is 1. The van der Waals surface area contributed by atoms with Crippen molar-refractivity contribution in [3.8, 4) is 0 Å². The standard InChI is InChI=1S/C20H30N4O3/c1-4-13(5-2)19(26)24-10-15-14(17-6-7-20(15,11-24)27-17)8-22-18(25)16-9-21-12(3)23-16/h9,13-15,17H,4-8,10-11H2,1-3H3,(H,21,23)(H,22,25)/t14-,15+,17+,20+/m0/s1. The summed E-state index contributed by atoms with van der Waals surface area (Å²) in [4.78, 5) is 34.3. The average molecular weight is 374 g/mol. The normalized spacial score (nSPS) is 31.6. The summed E-state index contributed by atoms with van der Waals surface area (Å²) in [5, 5.41) is 3.04. The molecule has 1 aromatic heterocycles. The summed E-state index contributed by atoms with van der Waals surface area (Å²) in [6.45, 7) is 8.05. The molecule has 2 amide bonds. The highest BCUT2D eigenvalue weighted by Gasteiger charge is 2.63. The molecular weight excluding hydrogens is 344 g/mol. The summed E-state index contributed by atoms with van der Waals surface area (Å²) in [5.41, 5.74) is 0.301. The second-order valence-corrected chi connectivity index (χ2v) is 8.35. The number of nitrogens with one attached hydrogen (secondary N) is 2. The van der Waals surface area contributed by atoms with Crippen LogP contribution in [-0.2, 0) is 9.53 Å². The molecule has 27 heavy (non-hydrogen) atoms. The third-order valence-corrected chi connectivity index (χ3v) is 6.88. The molecule has 0 saturated carbocycles. The summed E-state index contributed by atoms with van der Waals surface area (Å²) in [6.07, 6.45) is 5.58. The molecule has 7 heteroatoms. The SMILES string of the molecule is CCC(CC)C(=O)N1C[C@@H]2[C@H](CNC(=O)c3cnc(C)[nH]3)[C@H]3CC[C@]2(C1)O3. The van der Waals surface area contributed by atoms with Gasteiger partial charge in [0.1, 0.15) is 11.5 Å². The number of aromatic nitrogens is 2. The van der Waals surface area contributed by atoms with Crippen LogP contribution in [0, 0.1) is 24.7 Å². The van der Waals surface area contributed by atoms with Crippen molar-refractivity contribution in [3.63, 3.8) is 0 Å². The Kier molecular flexibility index (Phi) is 4.74. The lowest BCUT2D eigenvalue weighted by atomic mass is 9.73. The van der Waals surface area contributed by atoms with Crippen LogP contribution < -0.4 is 5.32 Å². The molecular formula is C20H30N4O3. The van der Waals surface area contributed by atoms with Crippen molar-refractivity contribution >= 4 is 11.8 Å². The van der Waals surface area contributed by atoms with Gasteiger partial charge in [0.25, 0.3) is 5.91 Å². The number of hydrogen-bond donors (Lipinski definition) is 2. The number of nitrogens with zero attached hydrogens (tertiary/aromatic N) is 2. The molecule has 4 heterocycles. The fourth-order valence-corrected chi connectivity index (χ4v) is 5.37. The lowest BCUT2D eigenvalue weighted by Crippen LogP contribution is -2.42.